The van der Waals surface area contributed by atoms with Crippen LogP contribution in [0.5, 0.6) is 0 Å². The van der Waals surface area contributed by atoms with Crippen molar-refractivity contribution in [2.75, 3.05) is 32.7 Å². The Morgan fingerprint density at radius 2 is 1.53 bits per heavy atom. The van der Waals surface area contributed by atoms with Gasteiger partial charge < -0.3 is 5.32 Å². The number of hydrogen-bond donors (Lipinski definition) is 1. The van der Waals surface area contributed by atoms with Gasteiger partial charge in [-0.1, -0.05) is 55.5 Å². The molecule has 2 aromatic rings. The van der Waals surface area contributed by atoms with Crippen LogP contribution in [0.4, 0.5) is 0 Å². The fourth-order valence-corrected chi connectivity index (χ4v) is 5.28. The van der Waals surface area contributed by atoms with Gasteiger partial charge in [-0.3, -0.25) is 9.69 Å². The number of amides is 1. The minimum atomic E-state index is -3.48. The van der Waals surface area contributed by atoms with Crippen LogP contribution in [0.15, 0.2) is 65.6 Å². The highest BCUT2D eigenvalue weighted by molar-refractivity contribution is 7.89. The van der Waals surface area contributed by atoms with Gasteiger partial charge in [-0.25, -0.2) is 8.42 Å². The summed E-state index contributed by atoms with van der Waals surface area (Å²) in [6.45, 7) is 6.46. The van der Waals surface area contributed by atoms with Crippen molar-refractivity contribution in [2.45, 2.75) is 37.1 Å². The maximum atomic E-state index is 12.8. The molecule has 1 aliphatic rings. The van der Waals surface area contributed by atoms with Crippen molar-refractivity contribution in [3.8, 4) is 0 Å². The highest BCUT2D eigenvalue weighted by Crippen LogP contribution is 2.19. The summed E-state index contributed by atoms with van der Waals surface area (Å²) in [5.41, 5.74) is 1.23. The molecule has 1 saturated heterocycles. The molecule has 7 heteroatoms. The molecule has 0 unspecified atom stereocenters. The maximum Gasteiger partial charge on any atom is 0.243 e. The van der Waals surface area contributed by atoms with Gasteiger partial charge in [0, 0.05) is 38.6 Å². The Labute approximate surface area is 179 Å². The molecule has 6 nitrogen and oxygen atoms in total. The van der Waals surface area contributed by atoms with Gasteiger partial charge in [-0.05, 0) is 31.0 Å². The normalized spacial score (nSPS) is 17.9. The van der Waals surface area contributed by atoms with Gasteiger partial charge in [0.1, 0.15) is 0 Å². The van der Waals surface area contributed by atoms with Gasteiger partial charge in [-0.2, -0.15) is 4.31 Å². The fourth-order valence-electron chi connectivity index (χ4n) is 3.83. The van der Waals surface area contributed by atoms with E-state index in [4.69, 9.17) is 0 Å². The molecule has 2 atom stereocenters. The third-order valence-corrected chi connectivity index (χ3v) is 7.78. The Morgan fingerprint density at radius 1 is 0.967 bits per heavy atom. The van der Waals surface area contributed by atoms with E-state index in [-0.39, 0.29) is 17.9 Å². The van der Waals surface area contributed by atoms with Crippen LogP contribution < -0.4 is 5.32 Å². The Hall–Kier alpha value is -2.22. The molecule has 0 spiro atoms. The molecule has 1 aliphatic heterocycles. The number of rotatable bonds is 8. The second-order valence-corrected chi connectivity index (χ2v) is 9.63. The molecule has 0 saturated carbocycles. The number of nitrogens with one attached hydrogen (secondary N) is 1. The highest BCUT2D eigenvalue weighted by Gasteiger charge is 2.31. The number of nitrogens with zero attached hydrogens (tertiary/aromatic N) is 2. The van der Waals surface area contributed by atoms with Gasteiger partial charge in [0.05, 0.1) is 10.9 Å². The molecule has 0 bridgehead atoms. The Morgan fingerprint density at radius 3 is 2.10 bits per heavy atom. The molecule has 1 amide bonds. The van der Waals surface area contributed by atoms with E-state index in [1.165, 1.54) is 9.87 Å². The lowest BCUT2D eigenvalue weighted by Crippen LogP contribution is -2.55. The standard InChI is InChI=1S/C23H31N3O3S/c1-3-20(21-10-6-4-7-11-21)18-24-23(27)19(2)25-14-16-26(17-15-25)30(28,29)22-12-8-5-9-13-22/h4-13,19-20H,3,14-18H2,1-2H3,(H,24,27)/t19-,20+/m1/s1. The molecular weight excluding hydrogens is 398 g/mol. The third kappa shape index (κ3) is 5.28. The van der Waals surface area contributed by atoms with Crippen LogP contribution >= 0.6 is 0 Å². The number of benzene rings is 2. The molecule has 30 heavy (non-hydrogen) atoms. The minimum Gasteiger partial charge on any atom is -0.354 e. The van der Waals surface area contributed by atoms with E-state index in [9.17, 15) is 13.2 Å². The van der Waals surface area contributed by atoms with E-state index in [0.29, 0.717) is 37.6 Å². The maximum absolute atomic E-state index is 12.8. The largest absolute Gasteiger partial charge is 0.354 e. The Balaban J connectivity index is 1.52. The summed E-state index contributed by atoms with van der Waals surface area (Å²) in [5, 5.41) is 3.08. The predicted octanol–water partition coefficient (Wildman–Crippen LogP) is 2.69. The van der Waals surface area contributed by atoms with Crippen LogP contribution in [0.1, 0.15) is 31.7 Å². The minimum absolute atomic E-state index is 0.0104. The summed E-state index contributed by atoms with van der Waals surface area (Å²) in [6.07, 6.45) is 0.953. The number of hydrogen-bond acceptors (Lipinski definition) is 4. The lowest BCUT2D eigenvalue weighted by molar-refractivity contribution is -0.126. The molecule has 0 radical (unpaired) electrons. The van der Waals surface area contributed by atoms with E-state index in [1.807, 2.05) is 25.1 Å². The first kappa shape index (κ1) is 22.5. The average molecular weight is 430 g/mol. The van der Waals surface area contributed by atoms with Crippen LogP contribution in [0.25, 0.3) is 0 Å². The van der Waals surface area contributed by atoms with Crippen molar-refractivity contribution in [3.05, 3.63) is 66.2 Å². The zero-order chi connectivity index (χ0) is 21.6. The lowest BCUT2D eigenvalue weighted by Gasteiger charge is -2.36. The second-order valence-electron chi connectivity index (χ2n) is 7.69. The zero-order valence-corrected chi connectivity index (χ0v) is 18.5. The first-order valence-electron chi connectivity index (χ1n) is 10.6. The summed E-state index contributed by atoms with van der Waals surface area (Å²) in [4.78, 5) is 15.1. The molecule has 2 aromatic carbocycles. The monoisotopic (exact) mass is 429 g/mol. The van der Waals surface area contributed by atoms with Crippen LogP contribution in [0, 0.1) is 0 Å². The molecule has 0 aromatic heterocycles. The molecule has 1 fully saturated rings. The van der Waals surface area contributed by atoms with Crippen molar-refractivity contribution < 1.29 is 13.2 Å². The van der Waals surface area contributed by atoms with E-state index >= 15 is 0 Å². The summed E-state index contributed by atoms with van der Waals surface area (Å²) in [6, 6.07) is 18.4. The van der Waals surface area contributed by atoms with Gasteiger partial charge in [0.25, 0.3) is 0 Å². The first-order valence-corrected chi connectivity index (χ1v) is 12.0. The number of carbonyl (C=O) groups is 1. The molecule has 162 valence electrons. The van der Waals surface area contributed by atoms with Crippen LogP contribution in [0.3, 0.4) is 0 Å². The van der Waals surface area contributed by atoms with E-state index in [2.05, 4.69) is 29.3 Å². The van der Waals surface area contributed by atoms with Gasteiger partial charge in [0.15, 0.2) is 0 Å². The van der Waals surface area contributed by atoms with Crippen molar-refractivity contribution in [2.24, 2.45) is 0 Å². The number of carbonyl (C=O) groups excluding carboxylic acids is 1. The topological polar surface area (TPSA) is 69.7 Å². The summed E-state index contributed by atoms with van der Waals surface area (Å²) in [5.74, 6) is 0.277. The predicted molar refractivity (Wildman–Crippen MR) is 119 cm³/mol. The van der Waals surface area contributed by atoms with E-state index < -0.39 is 10.0 Å². The smallest absolute Gasteiger partial charge is 0.243 e. The van der Waals surface area contributed by atoms with Gasteiger partial charge in [-0.15, -0.1) is 0 Å². The highest BCUT2D eigenvalue weighted by atomic mass is 32.2. The Bertz CT molecular complexity index is 911. The fraction of sp³-hybridized carbons (Fsp3) is 0.435. The molecule has 1 heterocycles. The zero-order valence-electron chi connectivity index (χ0n) is 17.7. The molecule has 1 N–H and O–H groups in total. The van der Waals surface area contributed by atoms with Crippen molar-refractivity contribution in [1.29, 1.82) is 0 Å². The van der Waals surface area contributed by atoms with Crippen molar-refractivity contribution in [3.63, 3.8) is 0 Å². The summed E-state index contributed by atoms with van der Waals surface area (Å²) in [7, 11) is -3.48. The van der Waals surface area contributed by atoms with Gasteiger partial charge >= 0.3 is 0 Å². The van der Waals surface area contributed by atoms with Crippen LogP contribution in [0.2, 0.25) is 0 Å². The quantitative estimate of drug-likeness (QED) is 0.701. The molecular formula is C23H31N3O3S. The SMILES string of the molecule is CC[C@@H](CNC(=O)[C@@H](C)N1CCN(S(=O)(=O)c2ccccc2)CC1)c1ccccc1. The molecule has 0 aliphatic carbocycles. The van der Waals surface area contributed by atoms with Crippen LogP contribution in [-0.2, 0) is 14.8 Å². The number of piperazine rings is 1. The van der Waals surface area contributed by atoms with Crippen molar-refractivity contribution >= 4 is 15.9 Å². The Kier molecular flexibility index (Phi) is 7.64. The molecule has 3 rings (SSSR count). The van der Waals surface area contributed by atoms with Crippen LogP contribution in [-0.4, -0.2) is 62.3 Å². The van der Waals surface area contributed by atoms with E-state index in [1.54, 1.807) is 30.3 Å². The lowest BCUT2D eigenvalue weighted by atomic mass is 9.96. The number of sulfonamides is 1. The summed E-state index contributed by atoms with van der Waals surface area (Å²) >= 11 is 0. The van der Waals surface area contributed by atoms with E-state index in [0.717, 1.165) is 6.42 Å². The third-order valence-electron chi connectivity index (χ3n) is 5.87. The summed E-state index contributed by atoms with van der Waals surface area (Å²) < 4.78 is 27.0. The van der Waals surface area contributed by atoms with Crippen molar-refractivity contribution in [1.82, 2.24) is 14.5 Å². The average Bonchev–Trinajstić information content (AvgIpc) is 2.80. The second kappa shape index (κ2) is 10.2. The first-order chi connectivity index (χ1) is 14.4. The van der Waals surface area contributed by atoms with Gasteiger partial charge in [0.2, 0.25) is 15.9 Å².